The first-order chi connectivity index (χ1) is 11.0. The van der Waals surface area contributed by atoms with E-state index in [9.17, 15) is 13.6 Å². The molecule has 0 spiro atoms. The van der Waals surface area contributed by atoms with Crippen LogP contribution in [0.1, 0.15) is 11.1 Å². The van der Waals surface area contributed by atoms with Crippen LogP contribution in [-0.2, 0) is 9.53 Å². The number of carbonyl (C=O) groups excluding carboxylic acids is 1. The minimum absolute atomic E-state index is 0.232. The maximum absolute atomic E-state index is 13.7. The van der Waals surface area contributed by atoms with Crippen LogP contribution in [0.2, 0.25) is 0 Å². The van der Waals surface area contributed by atoms with Crippen molar-refractivity contribution in [1.29, 1.82) is 0 Å². The Kier molecular flexibility index (Phi) is 5.41. The van der Waals surface area contributed by atoms with Crippen molar-refractivity contribution < 1.29 is 18.3 Å². The Labute approximate surface area is 133 Å². The summed E-state index contributed by atoms with van der Waals surface area (Å²) in [6, 6.07) is 8.18. The molecule has 6 heteroatoms. The highest BCUT2D eigenvalue weighted by Gasteiger charge is 2.01. The molecule has 2 aromatic carbocycles. The van der Waals surface area contributed by atoms with Crippen molar-refractivity contribution in [2.75, 3.05) is 7.11 Å². The Morgan fingerprint density at radius 1 is 1.22 bits per heavy atom. The molecule has 3 nitrogen and oxygen atoms in total. The molecular weight excluding hydrogens is 299 g/mol. The predicted octanol–water partition coefficient (Wildman–Crippen LogP) is 2.70. The highest BCUT2D eigenvalue weighted by Crippen LogP contribution is 2.18. The lowest BCUT2D eigenvalue weighted by atomic mass is 9.95. The van der Waals surface area contributed by atoms with Gasteiger partial charge < -0.3 is 4.74 Å². The molecule has 0 aliphatic heterocycles. The third-order valence-electron chi connectivity index (χ3n) is 2.90. The van der Waals surface area contributed by atoms with Crippen LogP contribution in [0.3, 0.4) is 0 Å². The van der Waals surface area contributed by atoms with E-state index >= 15 is 0 Å². The molecule has 2 radical (unpaired) electrons. The number of benzene rings is 2. The molecule has 2 aromatic rings. The van der Waals surface area contributed by atoms with Crippen LogP contribution in [0.15, 0.2) is 47.5 Å². The van der Waals surface area contributed by atoms with Crippen molar-refractivity contribution in [2.45, 2.75) is 0 Å². The fourth-order valence-corrected chi connectivity index (χ4v) is 1.79. The molecule has 0 aliphatic rings. The van der Waals surface area contributed by atoms with Gasteiger partial charge in [0, 0.05) is 17.9 Å². The topological polar surface area (TPSA) is 38.7 Å². The second-order valence-electron chi connectivity index (χ2n) is 4.64. The number of halogens is 2. The van der Waals surface area contributed by atoms with Gasteiger partial charge in [0.1, 0.15) is 19.5 Å². The van der Waals surface area contributed by atoms with Gasteiger partial charge in [0.15, 0.2) is 0 Å². The lowest BCUT2D eigenvalue weighted by molar-refractivity contribution is -0.134. The fourth-order valence-electron chi connectivity index (χ4n) is 1.79. The summed E-state index contributed by atoms with van der Waals surface area (Å²) in [5.74, 6) is -1.60. The smallest absolute Gasteiger partial charge is 0.330 e. The Bertz CT molecular complexity index is 788. The van der Waals surface area contributed by atoms with E-state index in [2.05, 4.69) is 9.73 Å². The van der Waals surface area contributed by atoms with Crippen molar-refractivity contribution in [3.05, 3.63) is 65.2 Å². The molecule has 0 amide bonds. The molecule has 0 aromatic heterocycles. The lowest BCUT2D eigenvalue weighted by Gasteiger charge is -2.00. The molecule has 0 heterocycles. The van der Waals surface area contributed by atoms with Crippen molar-refractivity contribution >= 4 is 37.3 Å². The van der Waals surface area contributed by atoms with Gasteiger partial charge in [0.2, 0.25) is 0 Å². The molecule has 0 saturated heterocycles. The van der Waals surface area contributed by atoms with Crippen LogP contribution in [0.25, 0.3) is 6.08 Å². The SMILES string of the molecule is [B]c1ccc(C=Nc2cc(F)cc(/C=C/C(=O)OC)c2)c(F)c1. The number of nitrogens with zero attached hydrogens (tertiary/aromatic N) is 1. The summed E-state index contributed by atoms with van der Waals surface area (Å²) >= 11 is 0. The van der Waals surface area contributed by atoms with Crippen LogP contribution >= 0.6 is 0 Å². The second kappa shape index (κ2) is 7.49. The molecule has 0 saturated carbocycles. The van der Waals surface area contributed by atoms with E-state index in [0.717, 1.165) is 0 Å². The van der Waals surface area contributed by atoms with Gasteiger partial charge in [-0.25, -0.2) is 13.6 Å². The van der Waals surface area contributed by atoms with Crippen LogP contribution in [0.4, 0.5) is 14.5 Å². The third kappa shape index (κ3) is 4.88. The summed E-state index contributed by atoms with van der Waals surface area (Å²) < 4.78 is 31.7. The summed E-state index contributed by atoms with van der Waals surface area (Å²) in [4.78, 5) is 15.1. The van der Waals surface area contributed by atoms with Crippen LogP contribution in [0.5, 0.6) is 0 Å². The van der Waals surface area contributed by atoms with Crippen molar-refractivity contribution in [3.8, 4) is 0 Å². The average molecular weight is 311 g/mol. The van der Waals surface area contributed by atoms with E-state index < -0.39 is 17.6 Å². The predicted molar refractivity (Wildman–Crippen MR) is 86.5 cm³/mol. The molecule has 0 fully saturated rings. The van der Waals surface area contributed by atoms with Gasteiger partial charge in [-0.15, -0.1) is 0 Å². The quantitative estimate of drug-likeness (QED) is 0.377. The van der Waals surface area contributed by atoms with Gasteiger partial charge in [-0.2, -0.15) is 0 Å². The summed E-state index contributed by atoms with van der Waals surface area (Å²) in [5.41, 5.74) is 1.25. The summed E-state index contributed by atoms with van der Waals surface area (Å²) in [5, 5.41) is 0. The Balaban J connectivity index is 2.26. The first kappa shape index (κ1) is 16.6. The van der Waals surface area contributed by atoms with Crippen molar-refractivity contribution in [3.63, 3.8) is 0 Å². The number of ether oxygens (including phenoxy) is 1. The minimum Gasteiger partial charge on any atom is -0.466 e. The highest BCUT2D eigenvalue weighted by atomic mass is 19.1. The standard InChI is InChI=1S/C17H12BF2NO2/c1-23-17(22)5-2-11-6-14(19)9-15(7-11)21-10-12-3-4-13(18)8-16(12)20/h2-10H,1H3/b5-2+,21-10?. The van der Waals surface area contributed by atoms with Crippen LogP contribution in [-0.4, -0.2) is 27.1 Å². The zero-order valence-electron chi connectivity index (χ0n) is 12.3. The molecule has 114 valence electrons. The molecular formula is C17H12BF2NO2. The first-order valence-electron chi connectivity index (χ1n) is 6.63. The molecule has 0 unspecified atom stereocenters. The van der Waals surface area contributed by atoms with Crippen molar-refractivity contribution in [1.82, 2.24) is 0 Å². The van der Waals surface area contributed by atoms with Gasteiger partial charge in [-0.05, 0) is 35.9 Å². The van der Waals surface area contributed by atoms with E-state index in [-0.39, 0.29) is 11.3 Å². The lowest BCUT2D eigenvalue weighted by Crippen LogP contribution is -2.04. The number of methoxy groups -OCH3 is 1. The van der Waals surface area contributed by atoms with E-state index in [0.29, 0.717) is 11.0 Å². The van der Waals surface area contributed by atoms with Gasteiger partial charge in [-0.3, -0.25) is 4.99 Å². The van der Waals surface area contributed by atoms with Gasteiger partial charge in [0.25, 0.3) is 0 Å². The van der Waals surface area contributed by atoms with E-state index in [1.807, 2.05) is 0 Å². The molecule has 0 bridgehead atoms. The van der Waals surface area contributed by atoms with Crippen LogP contribution < -0.4 is 5.46 Å². The zero-order chi connectivity index (χ0) is 16.8. The fraction of sp³-hybridized carbons (Fsp3) is 0.0588. The number of hydrogen-bond donors (Lipinski definition) is 0. The zero-order valence-corrected chi connectivity index (χ0v) is 12.3. The maximum Gasteiger partial charge on any atom is 0.330 e. The number of carbonyl (C=O) groups is 1. The minimum atomic E-state index is -0.553. The number of esters is 1. The Hall–Kier alpha value is -2.76. The summed E-state index contributed by atoms with van der Waals surface area (Å²) in [7, 11) is 6.71. The Morgan fingerprint density at radius 2 is 2.00 bits per heavy atom. The largest absolute Gasteiger partial charge is 0.466 e. The number of rotatable bonds is 4. The molecule has 0 aliphatic carbocycles. The summed E-state index contributed by atoms with van der Waals surface area (Å²) in [6.07, 6.45) is 3.84. The van der Waals surface area contributed by atoms with Crippen LogP contribution in [0, 0.1) is 11.6 Å². The number of aliphatic imine (C=N–C) groups is 1. The van der Waals surface area contributed by atoms with Gasteiger partial charge >= 0.3 is 5.97 Å². The van der Waals surface area contributed by atoms with E-state index in [1.165, 1.54) is 49.7 Å². The molecule has 2 rings (SSSR count). The average Bonchev–Trinajstić information content (AvgIpc) is 2.51. The highest BCUT2D eigenvalue weighted by molar-refractivity contribution is 6.32. The van der Waals surface area contributed by atoms with E-state index in [4.69, 9.17) is 7.85 Å². The summed E-state index contributed by atoms with van der Waals surface area (Å²) in [6.45, 7) is 0. The Morgan fingerprint density at radius 3 is 2.70 bits per heavy atom. The van der Waals surface area contributed by atoms with Gasteiger partial charge in [-0.1, -0.05) is 17.6 Å². The third-order valence-corrected chi connectivity index (χ3v) is 2.90. The van der Waals surface area contributed by atoms with Crippen molar-refractivity contribution in [2.24, 2.45) is 4.99 Å². The first-order valence-corrected chi connectivity index (χ1v) is 6.63. The molecule has 23 heavy (non-hydrogen) atoms. The van der Waals surface area contributed by atoms with Gasteiger partial charge in [0.05, 0.1) is 12.8 Å². The monoisotopic (exact) mass is 311 g/mol. The van der Waals surface area contributed by atoms with E-state index in [1.54, 1.807) is 12.1 Å². The normalized spacial score (nSPS) is 11.3. The second-order valence-corrected chi connectivity index (χ2v) is 4.64. The molecule has 0 atom stereocenters. The number of hydrogen-bond acceptors (Lipinski definition) is 3. The maximum atomic E-state index is 13.7. The molecule has 0 N–H and O–H groups in total.